The fourth-order valence-electron chi connectivity index (χ4n) is 1.12. The number of hydrogen-bond acceptors (Lipinski definition) is 5. The lowest BCUT2D eigenvalue weighted by atomic mass is 10.4. The molecular weight excluding hydrogens is 222 g/mol. The zero-order valence-electron chi connectivity index (χ0n) is 9.46. The van der Waals surface area contributed by atoms with Gasteiger partial charge in [0.1, 0.15) is 12.0 Å². The summed E-state index contributed by atoms with van der Waals surface area (Å²) < 4.78 is 5.29. The van der Waals surface area contributed by atoms with Crippen LogP contribution in [0.25, 0.3) is 0 Å². The smallest absolute Gasteiger partial charge is 0.287 e. The SMILES string of the molecule is C=CCCOCCNc1ccc([N+](=O)[O-])cn1. The van der Waals surface area contributed by atoms with Gasteiger partial charge in [0, 0.05) is 12.6 Å². The van der Waals surface area contributed by atoms with Gasteiger partial charge in [-0.3, -0.25) is 10.1 Å². The topological polar surface area (TPSA) is 77.3 Å². The summed E-state index contributed by atoms with van der Waals surface area (Å²) in [6.07, 6.45) is 3.85. The maximum absolute atomic E-state index is 10.4. The molecule has 0 bridgehead atoms. The van der Waals surface area contributed by atoms with Gasteiger partial charge < -0.3 is 10.1 Å². The average molecular weight is 237 g/mol. The largest absolute Gasteiger partial charge is 0.379 e. The van der Waals surface area contributed by atoms with Crippen molar-refractivity contribution in [2.45, 2.75) is 6.42 Å². The first-order valence-corrected chi connectivity index (χ1v) is 5.27. The predicted molar refractivity (Wildman–Crippen MR) is 65.0 cm³/mol. The summed E-state index contributed by atoms with van der Waals surface area (Å²) in [6.45, 7) is 5.41. The molecule has 17 heavy (non-hydrogen) atoms. The molecule has 1 heterocycles. The number of hydrogen-bond donors (Lipinski definition) is 1. The van der Waals surface area contributed by atoms with Crippen LogP contribution in [0.1, 0.15) is 6.42 Å². The van der Waals surface area contributed by atoms with E-state index in [1.165, 1.54) is 12.3 Å². The molecule has 0 amide bonds. The summed E-state index contributed by atoms with van der Waals surface area (Å²) >= 11 is 0. The molecule has 0 aromatic carbocycles. The van der Waals surface area contributed by atoms with Crippen molar-refractivity contribution in [1.29, 1.82) is 0 Å². The Morgan fingerprint density at radius 2 is 2.35 bits per heavy atom. The molecule has 0 atom stereocenters. The van der Waals surface area contributed by atoms with Crippen LogP contribution >= 0.6 is 0 Å². The summed E-state index contributed by atoms with van der Waals surface area (Å²) in [4.78, 5) is 13.8. The molecule has 0 saturated heterocycles. The maximum atomic E-state index is 10.4. The first-order chi connectivity index (χ1) is 8.24. The van der Waals surface area contributed by atoms with E-state index in [-0.39, 0.29) is 5.69 Å². The second-order valence-electron chi connectivity index (χ2n) is 3.28. The van der Waals surface area contributed by atoms with E-state index in [2.05, 4.69) is 16.9 Å². The highest BCUT2D eigenvalue weighted by atomic mass is 16.6. The van der Waals surface area contributed by atoms with E-state index in [1.807, 2.05) is 0 Å². The van der Waals surface area contributed by atoms with E-state index in [0.29, 0.717) is 25.6 Å². The number of rotatable bonds is 8. The number of pyridine rings is 1. The molecule has 1 aromatic heterocycles. The second kappa shape index (κ2) is 7.34. The first kappa shape index (κ1) is 13.1. The summed E-state index contributed by atoms with van der Waals surface area (Å²) in [6, 6.07) is 2.98. The molecule has 0 unspecified atom stereocenters. The van der Waals surface area contributed by atoms with Gasteiger partial charge in [0.15, 0.2) is 0 Å². The molecule has 0 aliphatic rings. The molecule has 6 nitrogen and oxygen atoms in total. The van der Waals surface area contributed by atoms with Crippen molar-refractivity contribution in [3.63, 3.8) is 0 Å². The zero-order chi connectivity index (χ0) is 12.5. The normalized spacial score (nSPS) is 9.88. The number of nitro groups is 1. The van der Waals surface area contributed by atoms with Gasteiger partial charge in [-0.2, -0.15) is 0 Å². The first-order valence-electron chi connectivity index (χ1n) is 5.27. The van der Waals surface area contributed by atoms with Crippen LogP contribution in [0.15, 0.2) is 31.0 Å². The lowest BCUT2D eigenvalue weighted by Crippen LogP contribution is -2.10. The molecule has 0 aliphatic heterocycles. The van der Waals surface area contributed by atoms with Crippen molar-refractivity contribution >= 4 is 11.5 Å². The van der Waals surface area contributed by atoms with E-state index in [0.717, 1.165) is 6.42 Å². The molecule has 6 heteroatoms. The van der Waals surface area contributed by atoms with Gasteiger partial charge in [-0.15, -0.1) is 6.58 Å². The average Bonchev–Trinajstić information content (AvgIpc) is 2.34. The maximum Gasteiger partial charge on any atom is 0.287 e. The monoisotopic (exact) mass is 237 g/mol. The Labute approximate surface area is 99.5 Å². The Morgan fingerprint density at radius 1 is 1.53 bits per heavy atom. The van der Waals surface area contributed by atoms with Crippen molar-refractivity contribution in [3.05, 3.63) is 41.1 Å². The summed E-state index contributed by atoms with van der Waals surface area (Å²) in [7, 11) is 0. The number of aromatic nitrogens is 1. The fourth-order valence-corrected chi connectivity index (χ4v) is 1.12. The van der Waals surface area contributed by atoms with Crippen LogP contribution in [0.4, 0.5) is 11.5 Å². The van der Waals surface area contributed by atoms with E-state index < -0.39 is 4.92 Å². The van der Waals surface area contributed by atoms with Crippen LogP contribution in [0.3, 0.4) is 0 Å². The number of anilines is 1. The fraction of sp³-hybridized carbons (Fsp3) is 0.364. The quantitative estimate of drug-likeness (QED) is 0.324. The van der Waals surface area contributed by atoms with Gasteiger partial charge >= 0.3 is 0 Å². The Bertz CT molecular complexity index is 365. The number of nitrogens with one attached hydrogen (secondary N) is 1. The van der Waals surface area contributed by atoms with Gasteiger partial charge in [0.25, 0.3) is 5.69 Å². The Balaban J connectivity index is 2.23. The van der Waals surface area contributed by atoms with Crippen LogP contribution in [0.2, 0.25) is 0 Å². The van der Waals surface area contributed by atoms with Gasteiger partial charge in [0.05, 0.1) is 18.1 Å². The van der Waals surface area contributed by atoms with E-state index in [1.54, 1.807) is 12.1 Å². The molecule has 0 fully saturated rings. The summed E-state index contributed by atoms with van der Waals surface area (Å²) in [5, 5.41) is 13.4. The molecule has 0 saturated carbocycles. The van der Waals surface area contributed by atoms with Crippen LogP contribution in [0.5, 0.6) is 0 Å². The van der Waals surface area contributed by atoms with Gasteiger partial charge in [-0.05, 0) is 12.5 Å². The highest BCUT2D eigenvalue weighted by molar-refractivity contribution is 5.39. The third kappa shape index (κ3) is 5.07. The van der Waals surface area contributed by atoms with E-state index in [9.17, 15) is 10.1 Å². The van der Waals surface area contributed by atoms with Crippen molar-refractivity contribution in [1.82, 2.24) is 4.98 Å². The lowest BCUT2D eigenvalue weighted by molar-refractivity contribution is -0.385. The molecule has 0 spiro atoms. The van der Waals surface area contributed by atoms with Gasteiger partial charge in [-0.1, -0.05) is 6.08 Å². The molecule has 0 aliphatic carbocycles. The van der Waals surface area contributed by atoms with Crippen molar-refractivity contribution in [2.75, 3.05) is 25.1 Å². The van der Waals surface area contributed by atoms with Crippen LogP contribution < -0.4 is 5.32 Å². The van der Waals surface area contributed by atoms with Gasteiger partial charge in [0.2, 0.25) is 0 Å². The predicted octanol–water partition coefficient (Wildman–Crippen LogP) is 1.99. The third-order valence-corrected chi connectivity index (χ3v) is 1.98. The second-order valence-corrected chi connectivity index (χ2v) is 3.28. The summed E-state index contributed by atoms with van der Waals surface area (Å²) in [5.74, 6) is 0.600. The minimum absolute atomic E-state index is 0.0159. The highest BCUT2D eigenvalue weighted by Gasteiger charge is 2.04. The molecule has 1 N–H and O–H groups in total. The minimum Gasteiger partial charge on any atom is -0.379 e. The van der Waals surface area contributed by atoms with Crippen molar-refractivity contribution in [2.24, 2.45) is 0 Å². The van der Waals surface area contributed by atoms with Crippen LogP contribution in [-0.2, 0) is 4.74 Å². The molecule has 1 rings (SSSR count). The van der Waals surface area contributed by atoms with Crippen LogP contribution in [-0.4, -0.2) is 29.7 Å². The number of nitrogens with zero attached hydrogens (tertiary/aromatic N) is 2. The molecule has 92 valence electrons. The standard InChI is InChI=1S/C11H15N3O3/c1-2-3-7-17-8-6-12-11-5-4-10(9-13-11)14(15)16/h2,4-5,9H,1,3,6-8H2,(H,12,13). The van der Waals surface area contributed by atoms with Crippen molar-refractivity contribution < 1.29 is 9.66 Å². The third-order valence-electron chi connectivity index (χ3n) is 1.98. The molecular formula is C11H15N3O3. The Morgan fingerprint density at radius 3 is 2.94 bits per heavy atom. The van der Waals surface area contributed by atoms with E-state index in [4.69, 9.17) is 4.74 Å². The molecule has 1 aromatic rings. The number of ether oxygens (including phenoxy) is 1. The summed E-state index contributed by atoms with van der Waals surface area (Å²) in [5.41, 5.74) is -0.0159. The van der Waals surface area contributed by atoms with E-state index >= 15 is 0 Å². The lowest BCUT2D eigenvalue weighted by Gasteiger charge is -2.05. The van der Waals surface area contributed by atoms with Crippen LogP contribution in [0, 0.1) is 10.1 Å². The van der Waals surface area contributed by atoms with Gasteiger partial charge in [-0.25, -0.2) is 4.98 Å². The Hall–Kier alpha value is -1.95. The minimum atomic E-state index is -0.477. The van der Waals surface area contributed by atoms with Crippen molar-refractivity contribution in [3.8, 4) is 0 Å². The zero-order valence-corrected chi connectivity index (χ0v) is 9.46. The highest BCUT2D eigenvalue weighted by Crippen LogP contribution is 2.11. The Kier molecular flexibility index (Phi) is 5.67. The molecule has 0 radical (unpaired) electrons.